The number of hydrogen-bond acceptors (Lipinski definition) is 2. The second kappa shape index (κ2) is 6.57. The number of hydrogen-bond donors (Lipinski definition) is 0. The van der Waals surface area contributed by atoms with E-state index in [1.165, 1.54) is 5.56 Å². The third-order valence-electron chi connectivity index (χ3n) is 4.95. The van der Waals surface area contributed by atoms with Crippen LogP contribution in [0.4, 0.5) is 0 Å². The SMILES string of the molecule is Cc1cccc(C(=O)OC2CCCC2(C)Cc2ccccc2)c1. The van der Waals surface area contributed by atoms with E-state index < -0.39 is 0 Å². The highest BCUT2D eigenvalue weighted by atomic mass is 16.5. The maximum absolute atomic E-state index is 12.5. The zero-order chi connectivity index (χ0) is 16.3. The normalized spacial score (nSPS) is 23.7. The summed E-state index contributed by atoms with van der Waals surface area (Å²) in [7, 11) is 0. The molecule has 2 aromatic carbocycles. The number of carbonyl (C=O) groups is 1. The van der Waals surface area contributed by atoms with Crippen LogP contribution in [0.25, 0.3) is 0 Å². The number of carbonyl (C=O) groups excluding carboxylic acids is 1. The van der Waals surface area contributed by atoms with Gasteiger partial charge in [0.1, 0.15) is 6.10 Å². The number of esters is 1. The minimum Gasteiger partial charge on any atom is -0.458 e. The molecule has 2 nitrogen and oxygen atoms in total. The van der Waals surface area contributed by atoms with Gasteiger partial charge in [-0.25, -0.2) is 4.79 Å². The van der Waals surface area contributed by atoms with Crippen LogP contribution in [0.2, 0.25) is 0 Å². The molecule has 0 aromatic heterocycles. The molecule has 2 heteroatoms. The molecule has 2 unspecified atom stereocenters. The summed E-state index contributed by atoms with van der Waals surface area (Å²) in [6, 6.07) is 18.1. The van der Waals surface area contributed by atoms with Crippen molar-refractivity contribution in [2.45, 2.75) is 45.6 Å². The van der Waals surface area contributed by atoms with Crippen molar-refractivity contribution in [2.24, 2.45) is 5.41 Å². The van der Waals surface area contributed by atoms with Gasteiger partial charge in [-0.2, -0.15) is 0 Å². The first-order chi connectivity index (χ1) is 11.1. The van der Waals surface area contributed by atoms with E-state index in [1.807, 2.05) is 37.3 Å². The molecule has 1 saturated carbocycles. The molecule has 1 fully saturated rings. The van der Waals surface area contributed by atoms with Crippen molar-refractivity contribution in [3.05, 3.63) is 71.3 Å². The van der Waals surface area contributed by atoms with E-state index in [2.05, 4.69) is 31.2 Å². The van der Waals surface area contributed by atoms with Gasteiger partial charge in [-0.05, 0) is 50.3 Å². The zero-order valence-electron chi connectivity index (χ0n) is 13.9. The van der Waals surface area contributed by atoms with Gasteiger partial charge in [0.25, 0.3) is 0 Å². The first-order valence-corrected chi connectivity index (χ1v) is 8.38. The molecule has 2 atom stereocenters. The Morgan fingerprint density at radius 3 is 2.70 bits per heavy atom. The number of benzene rings is 2. The van der Waals surface area contributed by atoms with Crippen LogP contribution >= 0.6 is 0 Å². The summed E-state index contributed by atoms with van der Waals surface area (Å²) < 4.78 is 5.90. The first-order valence-electron chi connectivity index (χ1n) is 8.38. The van der Waals surface area contributed by atoms with E-state index in [1.54, 1.807) is 0 Å². The first kappa shape index (κ1) is 15.8. The van der Waals surface area contributed by atoms with Crippen molar-refractivity contribution in [2.75, 3.05) is 0 Å². The van der Waals surface area contributed by atoms with Crippen molar-refractivity contribution >= 4 is 5.97 Å². The molecular formula is C21H24O2. The molecule has 1 aliphatic rings. The van der Waals surface area contributed by atoms with Gasteiger partial charge in [-0.15, -0.1) is 0 Å². The summed E-state index contributed by atoms with van der Waals surface area (Å²) in [6.07, 6.45) is 4.14. The van der Waals surface area contributed by atoms with Crippen molar-refractivity contribution in [3.63, 3.8) is 0 Å². The highest BCUT2D eigenvalue weighted by Crippen LogP contribution is 2.42. The molecule has 0 radical (unpaired) electrons. The predicted molar refractivity (Wildman–Crippen MR) is 92.5 cm³/mol. The van der Waals surface area contributed by atoms with E-state index in [9.17, 15) is 4.79 Å². The lowest BCUT2D eigenvalue weighted by molar-refractivity contribution is -0.000339. The van der Waals surface area contributed by atoms with E-state index in [-0.39, 0.29) is 17.5 Å². The minimum absolute atomic E-state index is 0.00396. The van der Waals surface area contributed by atoms with Crippen LogP contribution in [0.5, 0.6) is 0 Å². The molecule has 1 aliphatic carbocycles. The molecular weight excluding hydrogens is 284 g/mol. The van der Waals surface area contributed by atoms with Crippen LogP contribution in [0, 0.1) is 12.3 Å². The van der Waals surface area contributed by atoms with Crippen molar-refractivity contribution in [3.8, 4) is 0 Å². The Morgan fingerprint density at radius 2 is 1.96 bits per heavy atom. The molecule has 3 rings (SSSR count). The molecule has 0 aliphatic heterocycles. The average molecular weight is 308 g/mol. The van der Waals surface area contributed by atoms with Crippen LogP contribution in [0.3, 0.4) is 0 Å². The standard InChI is InChI=1S/C21H24O2/c1-16-8-6-11-18(14-16)20(22)23-19-12-7-13-21(19,2)15-17-9-4-3-5-10-17/h3-6,8-11,14,19H,7,12-13,15H2,1-2H3. The van der Waals surface area contributed by atoms with Crippen molar-refractivity contribution < 1.29 is 9.53 Å². The molecule has 0 amide bonds. The monoisotopic (exact) mass is 308 g/mol. The Bertz CT molecular complexity index is 677. The maximum Gasteiger partial charge on any atom is 0.338 e. The van der Waals surface area contributed by atoms with E-state index >= 15 is 0 Å². The van der Waals surface area contributed by atoms with E-state index in [0.29, 0.717) is 5.56 Å². The summed E-state index contributed by atoms with van der Waals surface area (Å²) >= 11 is 0. The predicted octanol–water partition coefficient (Wildman–Crippen LogP) is 4.95. The fourth-order valence-electron chi connectivity index (χ4n) is 3.64. The fraction of sp³-hybridized carbons (Fsp3) is 0.381. The zero-order valence-corrected chi connectivity index (χ0v) is 13.9. The molecule has 0 saturated heterocycles. The van der Waals surface area contributed by atoms with Gasteiger partial charge in [-0.3, -0.25) is 0 Å². The molecule has 0 N–H and O–H groups in total. The molecule has 2 aromatic rings. The van der Waals surface area contributed by atoms with Crippen LogP contribution in [-0.2, 0) is 11.2 Å². The molecule has 120 valence electrons. The Balaban J connectivity index is 1.72. The summed E-state index contributed by atoms with van der Waals surface area (Å²) in [6.45, 7) is 4.24. The third kappa shape index (κ3) is 3.64. The van der Waals surface area contributed by atoms with Gasteiger partial charge in [-0.1, -0.05) is 55.0 Å². The van der Waals surface area contributed by atoms with Crippen LogP contribution in [0.1, 0.15) is 47.7 Å². The Labute approximate surface area is 138 Å². The number of aryl methyl sites for hydroxylation is 1. The van der Waals surface area contributed by atoms with Gasteiger partial charge in [0.2, 0.25) is 0 Å². The largest absolute Gasteiger partial charge is 0.458 e. The number of rotatable bonds is 4. The van der Waals surface area contributed by atoms with Gasteiger partial charge in [0.05, 0.1) is 5.56 Å². The Kier molecular flexibility index (Phi) is 4.51. The smallest absolute Gasteiger partial charge is 0.338 e. The molecule has 0 heterocycles. The van der Waals surface area contributed by atoms with Crippen LogP contribution in [0.15, 0.2) is 54.6 Å². The van der Waals surface area contributed by atoms with Crippen LogP contribution in [-0.4, -0.2) is 12.1 Å². The highest BCUT2D eigenvalue weighted by Gasteiger charge is 2.41. The van der Waals surface area contributed by atoms with E-state index in [0.717, 1.165) is 31.2 Å². The fourth-order valence-corrected chi connectivity index (χ4v) is 3.64. The Morgan fingerprint density at radius 1 is 1.17 bits per heavy atom. The average Bonchev–Trinajstić information content (AvgIpc) is 2.88. The summed E-state index contributed by atoms with van der Waals surface area (Å²) in [5.41, 5.74) is 3.08. The summed E-state index contributed by atoms with van der Waals surface area (Å²) in [5, 5.41) is 0. The van der Waals surface area contributed by atoms with Crippen LogP contribution < -0.4 is 0 Å². The summed E-state index contributed by atoms with van der Waals surface area (Å²) in [4.78, 5) is 12.5. The molecule has 0 bridgehead atoms. The highest BCUT2D eigenvalue weighted by molar-refractivity contribution is 5.89. The summed E-state index contributed by atoms with van der Waals surface area (Å²) in [5.74, 6) is -0.195. The lowest BCUT2D eigenvalue weighted by atomic mass is 9.80. The van der Waals surface area contributed by atoms with Gasteiger partial charge in [0.15, 0.2) is 0 Å². The van der Waals surface area contributed by atoms with Gasteiger partial charge >= 0.3 is 5.97 Å². The lowest BCUT2D eigenvalue weighted by Gasteiger charge is -2.31. The second-order valence-corrected chi connectivity index (χ2v) is 6.97. The second-order valence-electron chi connectivity index (χ2n) is 6.97. The van der Waals surface area contributed by atoms with Crippen molar-refractivity contribution in [1.82, 2.24) is 0 Å². The van der Waals surface area contributed by atoms with Gasteiger partial charge in [0, 0.05) is 5.41 Å². The van der Waals surface area contributed by atoms with Gasteiger partial charge < -0.3 is 4.74 Å². The maximum atomic E-state index is 12.5. The lowest BCUT2D eigenvalue weighted by Crippen LogP contribution is -2.33. The quantitative estimate of drug-likeness (QED) is 0.747. The Hall–Kier alpha value is -2.09. The third-order valence-corrected chi connectivity index (χ3v) is 4.95. The topological polar surface area (TPSA) is 26.3 Å². The number of ether oxygens (including phenoxy) is 1. The molecule has 0 spiro atoms. The molecule has 23 heavy (non-hydrogen) atoms. The van der Waals surface area contributed by atoms with Crippen molar-refractivity contribution in [1.29, 1.82) is 0 Å². The van der Waals surface area contributed by atoms with E-state index in [4.69, 9.17) is 4.74 Å². The minimum atomic E-state index is -0.195.